The molecule has 154 valence electrons. The number of amides is 1. The molecule has 1 atom stereocenters. The molecule has 1 saturated heterocycles. The topological polar surface area (TPSA) is 155 Å². The first-order valence-corrected chi connectivity index (χ1v) is 8.92. The van der Waals surface area contributed by atoms with Crippen LogP contribution in [0.15, 0.2) is 35.6 Å². The number of likely N-dealkylation sites (tertiary alicyclic amines) is 1. The second-order valence-corrected chi connectivity index (χ2v) is 6.33. The molecule has 1 aliphatic rings. The molecule has 2 heterocycles. The van der Waals surface area contributed by atoms with E-state index in [4.69, 9.17) is 20.4 Å². The van der Waals surface area contributed by atoms with Crippen molar-refractivity contribution in [3.8, 4) is 17.4 Å². The van der Waals surface area contributed by atoms with E-state index in [1.807, 2.05) is 0 Å². The van der Waals surface area contributed by atoms with Crippen LogP contribution in [0.1, 0.15) is 18.7 Å². The molecule has 1 aliphatic heterocycles. The van der Waals surface area contributed by atoms with Crippen molar-refractivity contribution in [3.63, 3.8) is 0 Å². The maximum atomic E-state index is 11.3. The van der Waals surface area contributed by atoms with Crippen molar-refractivity contribution < 1.29 is 24.6 Å². The molecule has 2 aromatic rings. The van der Waals surface area contributed by atoms with Crippen molar-refractivity contribution in [1.29, 1.82) is 0 Å². The summed E-state index contributed by atoms with van der Waals surface area (Å²) >= 11 is 0. The fourth-order valence-electron chi connectivity index (χ4n) is 3.02. The van der Waals surface area contributed by atoms with E-state index in [9.17, 15) is 9.90 Å². The molecule has 0 radical (unpaired) electrons. The zero-order valence-electron chi connectivity index (χ0n) is 15.8. The van der Waals surface area contributed by atoms with E-state index in [0.29, 0.717) is 30.3 Å². The summed E-state index contributed by atoms with van der Waals surface area (Å²) in [5.74, 6) is 1.06. The van der Waals surface area contributed by atoms with E-state index in [2.05, 4.69) is 20.4 Å². The van der Waals surface area contributed by atoms with Gasteiger partial charge in [0.15, 0.2) is 0 Å². The van der Waals surface area contributed by atoms with E-state index in [1.54, 1.807) is 31.4 Å². The number of oxime groups is 1. The molecule has 3 rings (SSSR count). The van der Waals surface area contributed by atoms with Crippen molar-refractivity contribution >= 4 is 17.6 Å². The van der Waals surface area contributed by atoms with Crippen LogP contribution < -0.4 is 20.5 Å². The summed E-state index contributed by atoms with van der Waals surface area (Å²) in [6.45, 7) is 0.882. The normalized spacial score (nSPS) is 16.5. The number of carboxylic acid groups (broad SMARTS) is 1. The first kappa shape index (κ1) is 20.0. The van der Waals surface area contributed by atoms with E-state index in [1.165, 1.54) is 11.1 Å². The summed E-state index contributed by atoms with van der Waals surface area (Å²) in [6.07, 6.45) is 2.07. The van der Waals surface area contributed by atoms with Gasteiger partial charge in [-0.2, -0.15) is 4.98 Å². The van der Waals surface area contributed by atoms with Gasteiger partial charge in [0.1, 0.15) is 17.2 Å². The van der Waals surface area contributed by atoms with Crippen LogP contribution in [-0.2, 0) is 0 Å². The number of methoxy groups -OCH3 is 1. The SMILES string of the molecule is COc1ccc(Oc2nc(C(N)=NO)ncc2NCC2CCCN2C(=O)O)cc1. The predicted molar refractivity (Wildman–Crippen MR) is 104 cm³/mol. The molecule has 1 aromatic heterocycles. The Morgan fingerprint density at radius 3 is 2.76 bits per heavy atom. The Balaban J connectivity index is 1.82. The van der Waals surface area contributed by atoms with Gasteiger partial charge in [-0.15, -0.1) is 0 Å². The van der Waals surface area contributed by atoms with Crippen LogP contribution in [0.4, 0.5) is 10.5 Å². The van der Waals surface area contributed by atoms with Gasteiger partial charge in [-0.25, -0.2) is 9.78 Å². The minimum Gasteiger partial charge on any atom is -0.497 e. The summed E-state index contributed by atoms with van der Waals surface area (Å²) < 4.78 is 11.0. The third kappa shape index (κ3) is 4.75. The lowest BCUT2D eigenvalue weighted by Crippen LogP contribution is -2.38. The summed E-state index contributed by atoms with van der Waals surface area (Å²) in [5.41, 5.74) is 6.03. The molecule has 11 nitrogen and oxygen atoms in total. The third-order valence-corrected chi connectivity index (χ3v) is 4.52. The van der Waals surface area contributed by atoms with Crippen LogP contribution in [0.25, 0.3) is 0 Å². The van der Waals surface area contributed by atoms with Crippen LogP contribution in [-0.4, -0.2) is 63.4 Å². The Kier molecular flexibility index (Phi) is 6.17. The number of nitrogens with zero attached hydrogens (tertiary/aromatic N) is 4. The number of anilines is 1. The lowest BCUT2D eigenvalue weighted by molar-refractivity contribution is 0.142. The van der Waals surface area contributed by atoms with E-state index >= 15 is 0 Å². The number of hydrogen-bond donors (Lipinski definition) is 4. The summed E-state index contributed by atoms with van der Waals surface area (Å²) in [5, 5.41) is 24.2. The minimum absolute atomic E-state index is 0.00501. The number of rotatable bonds is 7. The summed E-state index contributed by atoms with van der Waals surface area (Å²) in [6, 6.07) is 6.72. The lowest BCUT2D eigenvalue weighted by atomic mass is 10.2. The first-order chi connectivity index (χ1) is 14.0. The Hall–Kier alpha value is -3.76. The molecule has 5 N–H and O–H groups in total. The van der Waals surface area contributed by atoms with Gasteiger partial charge < -0.3 is 35.7 Å². The molecule has 0 aliphatic carbocycles. The van der Waals surface area contributed by atoms with Gasteiger partial charge in [-0.1, -0.05) is 5.16 Å². The second-order valence-electron chi connectivity index (χ2n) is 6.33. The number of benzene rings is 1. The monoisotopic (exact) mass is 402 g/mol. The number of nitrogens with one attached hydrogen (secondary N) is 1. The number of amidine groups is 1. The highest BCUT2D eigenvalue weighted by Gasteiger charge is 2.28. The average molecular weight is 402 g/mol. The number of ether oxygens (including phenoxy) is 2. The highest BCUT2D eigenvalue weighted by Crippen LogP contribution is 2.29. The van der Waals surface area contributed by atoms with Crippen molar-refractivity contribution in [2.24, 2.45) is 10.9 Å². The molecule has 1 fully saturated rings. The first-order valence-electron chi connectivity index (χ1n) is 8.92. The Morgan fingerprint density at radius 1 is 1.38 bits per heavy atom. The molecule has 1 unspecified atom stereocenters. The molecule has 0 saturated carbocycles. The molecule has 29 heavy (non-hydrogen) atoms. The van der Waals surface area contributed by atoms with Crippen LogP contribution >= 0.6 is 0 Å². The van der Waals surface area contributed by atoms with Gasteiger partial charge in [0.2, 0.25) is 17.5 Å². The highest BCUT2D eigenvalue weighted by molar-refractivity contribution is 5.93. The smallest absolute Gasteiger partial charge is 0.407 e. The molecule has 0 spiro atoms. The van der Waals surface area contributed by atoms with Gasteiger partial charge in [-0.3, -0.25) is 0 Å². The molecule has 0 bridgehead atoms. The van der Waals surface area contributed by atoms with Crippen LogP contribution in [0, 0.1) is 0 Å². The molecule has 1 aromatic carbocycles. The molecular weight excluding hydrogens is 380 g/mol. The van der Waals surface area contributed by atoms with Crippen molar-refractivity contribution in [2.75, 3.05) is 25.5 Å². The zero-order chi connectivity index (χ0) is 20.8. The van der Waals surface area contributed by atoms with E-state index < -0.39 is 6.09 Å². The van der Waals surface area contributed by atoms with E-state index in [0.717, 1.165) is 12.8 Å². The zero-order valence-corrected chi connectivity index (χ0v) is 15.8. The summed E-state index contributed by atoms with van der Waals surface area (Å²) in [7, 11) is 1.56. The second kappa shape index (κ2) is 8.95. The standard InChI is InChI=1S/C18H22N6O5/c1-28-12-4-6-13(7-5-12)29-17-14(10-21-16(22-17)15(19)23-27)20-9-11-3-2-8-24(11)18(25)26/h4-7,10-11,20,27H,2-3,8-9H2,1H3,(H2,19,23)(H,25,26). The number of aromatic nitrogens is 2. The fourth-order valence-corrected chi connectivity index (χ4v) is 3.02. The van der Waals surface area contributed by atoms with Gasteiger partial charge in [0.25, 0.3) is 0 Å². The van der Waals surface area contributed by atoms with Crippen molar-refractivity contribution in [3.05, 3.63) is 36.3 Å². The number of nitrogens with two attached hydrogens (primary N) is 1. The average Bonchev–Trinajstić information content (AvgIpc) is 3.21. The van der Waals surface area contributed by atoms with Crippen molar-refractivity contribution in [2.45, 2.75) is 18.9 Å². The van der Waals surface area contributed by atoms with Gasteiger partial charge in [0.05, 0.1) is 19.3 Å². The van der Waals surface area contributed by atoms with Gasteiger partial charge in [0, 0.05) is 13.1 Å². The fraction of sp³-hybridized carbons (Fsp3) is 0.333. The quantitative estimate of drug-likeness (QED) is 0.235. The van der Waals surface area contributed by atoms with Crippen molar-refractivity contribution in [1.82, 2.24) is 14.9 Å². The third-order valence-electron chi connectivity index (χ3n) is 4.52. The Labute approximate surface area is 166 Å². The van der Waals surface area contributed by atoms with E-state index in [-0.39, 0.29) is 23.6 Å². The number of hydrogen-bond acceptors (Lipinski definition) is 8. The van der Waals surface area contributed by atoms with Gasteiger partial charge in [-0.05, 0) is 37.1 Å². The Bertz CT molecular complexity index is 889. The van der Waals surface area contributed by atoms with Crippen LogP contribution in [0.2, 0.25) is 0 Å². The number of carbonyl (C=O) groups is 1. The van der Waals surface area contributed by atoms with Crippen LogP contribution in [0.3, 0.4) is 0 Å². The lowest BCUT2D eigenvalue weighted by Gasteiger charge is -2.22. The molecule has 1 amide bonds. The molecular formula is C18H22N6O5. The minimum atomic E-state index is -0.942. The Morgan fingerprint density at radius 2 is 2.10 bits per heavy atom. The van der Waals surface area contributed by atoms with Gasteiger partial charge >= 0.3 is 6.09 Å². The summed E-state index contributed by atoms with van der Waals surface area (Å²) in [4.78, 5) is 21.0. The maximum Gasteiger partial charge on any atom is 0.407 e. The predicted octanol–water partition coefficient (Wildman–Crippen LogP) is 1.93. The molecule has 11 heteroatoms. The van der Waals surface area contributed by atoms with Crippen LogP contribution in [0.5, 0.6) is 17.4 Å². The highest BCUT2D eigenvalue weighted by atomic mass is 16.5. The largest absolute Gasteiger partial charge is 0.497 e. The maximum absolute atomic E-state index is 11.3.